The number of carbonyl (C=O) groups is 1. The number of aromatic amines is 1. The predicted octanol–water partition coefficient (Wildman–Crippen LogP) is 3.05. The van der Waals surface area contributed by atoms with Crippen molar-refractivity contribution in [1.82, 2.24) is 9.97 Å². The van der Waals surface area contributed by atoms with Crippen molar-refractivity contribution in [2.45, 2.75) is 18.9 Å². The van der Waals surface area contributed by atoms with Crippen molar-refractivity contribution in [3.8, 4) is 5.75 Å². The fourth-order valence-corrected chi connectivity index (χ4v) is 3.55. The van der Waals surface area contributed by atoms with Gasteiger partial charge < -0.3 is 15.0 Å². The van der Waals surface area contributed by atoms with Crippen molar-refractivity contribution in [2.75, 3.05) is 23.9 Å². The van der Waals surface area contributed by atoms with Gasteiger partial charge in [-0.2, -0.15) is 0 Å². The summed E-state index contributed by atoms with van der Waals surface area (Å²) >= 11 is 0. The number of methoxy groups -OCH3 is 1. The highest BCUT2D eigenvalue weighted by atomic mass is 19.1. The van der Waals surface area contributed by atoms with Crippen molar-refractivity contribution >= 4 is 17.5 Å². The third-order valence-electron chi connectivity index (χ3n) is 5.05. The van der Waals surface area contributed by atoms with Crippen LogP contribution in [0.1, 0.15) is 23.6 Å². The maximum absolute atomic E-state index is 13.0. The highest BCUT2D eigenvalue weighted by Crippen LogP contribution is 2.35. The molecule has 0 spiro atoms. The monoisotopic (exact) mass is 408 g/mol. The van der Waals surface area contributed by atoms with Gasteiger partial charge in [0.2, 0.25) is 11.9 Å². The Hall–Kier alpha value is -3.68. The number of nitrogens with zero attached hydrogens (tertiary/aromatic N) is 2. The molecule has 154 valence electrons. The fourth-order valence-electron chi connectivity index (χ4n) is 3.55. The van der Waals surface area contributed by atoms with Gasteiger partial charge in [0.05, 0.1) is 18.5 Å². The fraction of sp³-hybridized carbons (Fsp3) is 0.227. The molecule has 2 aromatic carbocycles. The zero-order chi connectivity index (χ0) is 21.1. The highest BCUT2D eigenvalue weighted by Gasteiger charge is 2.34. The van der Waals surface area contributed by atoms with E-state index in [1.54, 1.807) is 30.2 Å². The highest BCUT2D eigenvalue weighted by molar-refractivity contribution is 5.97. The number of aromatic nitrogens is 2. The Balaban J connectivity index is 1.52. The van der Waals surface area contributed by atoms with Crippen LogP contribution in [-0.4, -0.2) is 29.5 Å². The van der Waals surface area contributed by atoms with Gasteiger partial charge in [-0.15, -0.1) is 0 Å². The van der Waals surface area contributed by atoms with Crippen LogP contribution in [-0.2, 0) is 11.3 Å². The van der Waals surface area contributed by atoms with Gasteiger partial charge >= 0.3 is 0 Å². The molecule has 1 aliphatic rings. The molecule has 0 radical (unpaired) electrons. The molecule has 2 heterocycles. The number of carbonyl (C=O) groups excluding carboxylic acids is 1. The van der Waals surface area contributed by atoms with E-state index in [-0.39, 0.29) is 29.6 Å². The number of para-hydroxylation sites is 2. The van der Waals surface area contributed by atoms with Crippen molar-refractivity contribution in [3.05, 3.63) is 82.0 Å². The second-order valence-corrected chi connectivity index (χ2v) is 7.08. The Labute approximate surface area is 172 Å². The van der Waals surface area contributed by atoms with E-state index in [4.69, 9.17) is 4.74 Å². The van der Waals surface area contributed by atoms with Crippen LogP contribution in [0.3, 0.4) is 0 Å². The molecular formula is C22H21FN4O3. The molecule has 0 saturated carbocycles. The molecule has 1 atom stereocenters. The lowest BCUT2D eigenvalue weighted by Crippen LogP contribution is -2.25. The van der Waals surface area contributed by atoms with Gasteiger partial charge in [-0.3, -0.25) is 14.6 Å². The van der Waals surface area contributed by atoms with E-state index >= 15 is 0 Å². The van der Waals surface area contributed by atoms with E-state index in [2.05, 4.69) is 15.3 Å². The zero-order valence-electron chi connectivity index (χ0n) is 16.4. The summed E-state index contributed by atoms with van der Waals surface area (Å²) in [5, 5.41) is 3.05. The molecule has 30 heavy (non-hydrogen) atoms. The second kappa shape index (κ2) is 8.36. The molecule has 0 unspecified atom stereocenters. The lowest BCUT2D eigenvalue weighted by molar-refractivity contribution is -0.117. The van der Waals surface area contributed by atoms with Gasteiger partial charge in [-0.25, -0.2) is 9.37 Å². The number of hydrogen-bond acceptors (Lipinski definition) is 5. The number of benzene rings is 2. The third-order valence-corrected chi connectivity index (χ3v) is 5.05. The van der Waals surface area contributed by atoms with Crippen LogP contribution in [0.2, 0.25) is 0 Å². The smallest absolute Gasteiger partial charge is 0.252 e. The number of H-pyrrole nitrogens is 1. The quantitative estimate of drug-likeness (QED) is 0.655. The molecule has 1 aliphatic heterocycles. The van der Waals surface area contributed by atoms with E-state index in [1.807, 2.05) is 18.2 Å². The van der Waals surface area contributed by atoms with Gasteiger partial charge in [0.1, 0.15) is 11.6 Å². The summed E-state index contributed by atoms with van der Waals surface area (Å²) < 4.78 is 18.4. The first kappa shape index (κ1) is 19.6. The van der Waals surface area contributed by atoms with Crippen molar-refractivity contribution in [2.24, 2.45) is 0 Å². The predicted molar refractivity (Wildman–Crippen MR) is 111 cm³/mol. The van der Waals surface area contributed by atoms with Crippen LogP contribution in [0, 0.1) is 5.82 Å². The van der Waals surface area contributed by atoms with Crippen molar-refractivity contribution < 1.29 is 13.9 Å². The normalized spacial score (nSPS) is 16.0. The summed E-state index contributed by atoms with van der Waals surface area (Å²) in [6.07, 6.45) is 0.256. The summed E-state index contributed by atoms with van der Waals surface area (Å²) in [5.74, 6) is 0.360. The number of anilines is 2. The first-order valence-corrected chi connectivity index (χ1v) is 9.56. The molecule has 7 nitrogen and oxygen atoms in total. The minimum absolute atomic E-state index is 0.0487. The minimum atomic E-state index is -0.308. The number of rotatable bonds is 6. The Kier molecular flexibility index (Phi) is 5.47. The minimum Gasteiger partial charge on any atom is -0.495 e. The largest absolute Gasteiger partial charge is 0.495 e. The SMILES string of the molecule is COc1ccccc1N1C[C@H](c2cc(=O)[nH]c(NCc3ccc(F)cc3)n2)CC1=O. The number of halogens is 1. The number of nitrogens with one attached hydrogen (secondary N) is 2. The topological polar surface area (TPSA) is 87.3 Å². The van der Waals surface area contributed by atoms with E-state index in [0.29, 0.717) is 36.2 Å². The van der Waals surface area contributed by atoms with Crippen LogP contribution in [0.4, 0.5) is 16.0 Å². The summed E-state index contributed by atoms with van der Waals surface area (Å²) in [5.41, 5.74) is 1.80. The molecule has 4 rings (SSSR count). The molecule has 8 heteroatoms. The summed E-state index contributed by atoms with van der Waals surface area (Å²) in [6, 6.07) is 14.8. The first-order valence-electron chi connectivity index (χ1n) is 9.56. The van der Waals surface area contributed by atoms with E-state index in [9.17, 15) is 14.0 Å². The average Bonchev–Trinajstić information content (AvgIpc) is 3.14. The molecular weight excluding hydrogens is 387 g/mol. The van der Waals surface area contributed by atoms with Gasteiger partial charge in [-0.1, -0.05) is 24.3 Å². The summed E-state index contributed by atoms with van der Waals surface area (Å²) in [7, 11) is 1.56. The van der Waals surface area contributed by atoms with Crippen LogP contribution in [0.15, 0.2) is 59.4 Å². The van der Waals surface area contributed by atoms with Gasteiger partial charge in [0.15, 0.2) is 0 Å². The molecule has 1 aromatic heterocycles. The summed E-state index contributed by atoms with van der Waals surface area (Å²) in [4.78, 5) is 33.6. The number of amides is 1. The Morgan fingerprint density at radius 1 is 1.20 bits per heavy atom. The van der Waals surface area contributed by atoms with Crippen LogP contribution >= 0.6 is 0 Å². The first-order chi connectivity index (χ1) is 14.5. The Morgan fingerprint density at radius 3 is 2.73 bits per heavy atom. The molecule has 0 bridgehead atoms. The molecule has 1 amide bonds. The maximum Gasteiger partial charge on any atom is 0.252 e. The van der Waals surface area contributed by atoms with E-state index < -0.39 is 0 Å². The van der Waals surface area contributed by atoms with Crippen LogP contribution in [0.5, 0.6) is 5.75 Å². The lowest BCUT2D eigenvalue weighted by atomic mass is 10.0. The number of hydrogen-bond donors (Lipinski definition) is 2. The van der Waals surface area contributed by atoms with Crippen LogP contribution in [0.25, 0.3) is 0 Å². The Morgan fingerprint density at radius 2 is 1.97 bits per heavy atom. The van der Waals surface area contributed by atoms with E-state index in [1.165, 1.54) is 18.2 Å². The van der Waals surface area contributed by atoms with Crippen LogP contribution < -0.4 is 20.5 Å². The number of ether oxygens (including phenoxy) is 1. The van der Waals surface area contributed by atoms with Crippen molar-refractivity contribution in [3.63, 3.8) is 0 Å². The maximum atomic E-state index is 13.0. The van der Waals surface area contributed by atoms with Gasteiger partial charge in [0, 0.05) is 31.5 Å². The second-order valence-electron chi connectivity index (χ2n) is 7.08. The lowest BCUT2D eigenvalue weighted by Gasteiger charge is -2.19. The standard InChI is InChI=1S/C22H21FN4O3/c1-30-19-5-3-2-4-18(19)27-13-15(10-21(27)29)17-11-20(28)26-22(25-17)24-12-14-6-8-16(23)9-7-14/h2-9,11,15H,10,12-13H2,1H3,(H2,24,25,26,28)/t15-/m1/s1. The van der Waals surface area contributed by atoms with E-state index in [0.717, 1.165) is 5.56 Å². The summed E-state index contributed by atoms with van der Waals surface area (Å²) in [6.45, 7) is 0.788. The van der Waals surface area contributed by atoms with Gasteiger partial charge in [0.25, 0.3) is 5.56 Å². The van der Waals surface area contributed by atoms with Gasteiger partial charge in [-0.05, 0) is 29.8 Å². The zero-order valence-corrected chi connectivity index (χ0v) is 16.4. The molecule has 2 N–H and O–H groups in total. The average molecular weight is 408 g/mol. The Bertz CT molecular complexity index is 1110. The molecule has 1 fully saturated rings. The third kappa shape index (κ3) is 4.17. The molecule has 1 saturated heterocycles. The molecule has 3 aromatic rings. The molecule has 0 aliphatic carbocycles. The van der Waals surface area contributed by atoms with Crippen molar-refractivity contribution in [1.29, 1.82) is 0 Å².